The van der Waals surface area contributed by atoms with Crippen molar-refractivity contribution in [1.82, 2.24) is 29.9 Å². The fraction of sp³-hybridized carbons (Fsp3) is 0.176. The molecule has 0 unspecified atom stereocenters. The molecule has 19 aromatic rings. The minimum atomic E-state index is -0.202. The fourth-order valence-corrected chi connectivity index (χ4v) is 19.4. The SMILES string of the molecule is CC(=O)C=C(C)O.Cc1[c-]c(-c2ccc3ccc(C)cc3n2)cc(C)c1.Cc1cc[c-]c(-c2ccccn2)c1.Cc1ccc(-c2[c-]cc3c(c2)C(C)(C)c2ccc(C)cc2-3)nc1.Cc1ccc(-c2[c-]cc3c(c2)C(C)(C)c2ccc(C)cc2-3)nc1.Cc1ccc(-c2[c-]cc3c(c2)C(C)(C)c2ccccc2-3)nc1.Cc1ccc(-c2[c-]cc3c(c2)C(C)(C)c2ccccc2-3)nc1.O=C(C=C(O)c1ccccc1)c1ccccc1.[Ir].[Ir].[Ir].[Ir]. The maximum atomic E-state index is 11.8. The molecular weight excluding hydrogens is 2550 g/mol. The number of carbonyl (C=O) groups is 2. The summed E-state index contributed by atoms with van der Waals surface area (Å²) in [7, 11) is 0. The Morgan fingerprint density at radius 1 is 0.280 bits per heavy atom. The maximum Gasteiger partial charge on any atom is 0.189 e. The van der Waals surface area contributed by atoms with Crippen molar-refractivity contribution in [2.45, 2.75) is 160 Å². The van der Waals surface area contributed by atoms with Crippen LogP contribution in [0.15, 0.2) is 370 Å². The fourth-order valence-electron chi connectivity index (χ4n) is 19.4. The first-order valence-electron chi connectivity index (χ1n) is 49.6. The van der Waals surface area contributed by atoms with Crippen LogP contribution in [0, 0.1) is 106 Å². The van der Waals surface area contributed by atoms with Crippen molar-refractivity contribution in [3.8, 4) is 112 Å². The van der Waals surface area contributed by atoms with Crippen molar-refractivity contribution in [3.05, 3.63) is 518 Å². The number of hydrogen-bond donors (Lipinski definition) is 2. The van der Waals surface area contributed by atoms with Gasteiger partial charge in [-0.1, -0.05) is 362 Å². The number of aryl methyl sites for hydroxylation is 10. The second-order valence-corrected chi connectivity index (χ2v) is 40.4. The van der Waals surface area contributed by atoms with Crippen LogP contribution in [0.2, 0.25) is 0 Å². The molecule has 4 aliphatic carbocycles. The number of rotatable bonds is 10. The first-order valence-corrected chi connectivity index (χ1v) is 49.6. The smallest absolute Gasteiger partial charge is 0.189 e. The molecule has 6 heterocycles. The van der Waals surface area contributed by atoms with E-state index in [1.54, 1.807) is 42.6 Å². The predicted octanol–water partition coefficient (Wildman–Crippen LogP) is 33.3. The molecule has 150 heavy (non-hydrogen) atoms. The van der Waals surface area contributed by atoms with E-state index < -0.39 is 0 Å². The van der Waals surface area contributed by atoms with E-state index >= 15 is 0 Å². The van der Waals surface area contributed by atoms with Gasteiger partial charge in [-0.15, -0.1) is 188 Å². The summed E-state index contributed by atoms with van der Waals surface area (Å²) in [4.78, 5) is 49.0. The number of aliphatic hydroxyl groups excluding tert-OH is 2. The van der Waals surface area contributed by atoms with E-state index in [0.717, 1.165) is 78.6 Å². The van der Waals surface area contributed by atoms with Crippen molar-refractivity contribution in [2.75, 3.05) is 0 Å². The Labute approximate surface area is 940 Å². The first kappa shape index (κ1) is 115. The molecule has 6 aromatic heterocycles. The molecule has 762 valence electrons. The van der Waals surface area contributed by atoms with Crippen LogP contribution in [0.1, 0.15) is 185 Å². The minimum Gasteiger partial charge on any atom is -0.512 e. The zero-order valence-corrected chi connectivity index (χ0v) is 97.9. The standard InChI is InChI=1S/2C22H20N.2C21H18N.C18H16N.C15H12O2.C12H10N.C5H8O2.4Ir/c2*1-14-5-9-19-18(11-14)17-8-7-16(12-20(17)22(19,3)4)21-10-6-15(2)13-23-21;2*1-14-8-11-20(22-13-14)15-9-10-17-16-6-4-5-7-18(16)21(2,3)19(17)12-15;1-12-4-5-15-6-7-17(19-18(15)11-12)16-9-13(2)8-14(3)10-16;16-14(12-7-3-1-4-8-12)11-15(17)13-9-5-2-6-10-13;1-10-5-4-6-11(9-10)12-7-2-3-8-13-12;1-4(6)3-5(2)7;;;;/h2*5-6,8-13H,1-4H3;2*4-8,10-13H,1-3H3;4-9,11H,1-3H3;1-11,16H;2-5,7-9H,1H3;3,6H,1-2H3;;;;/q5*-1;;-1;;;;;. The summed E-state index contributed by atoms with van der Waals surface area (Å²) in [5, 5.41) is 19.3. The second-order valence-electron chi connectivity index (χ2n) is 40.4. The van der Waals surface area contributed by atoms with Crippen molar-refractivity contribution in [2.24, 2.45) is 0 Å². The van der Waals surface area contributed by atoms with Crippen LogP contribution >= 0.6 is 0 Å². The summed E-state index contributed by atoms with van der Waals surface area (Å²) in [6, 6.07) is 130. The molecule has 13 aromatic carbocycles. The molecule has 0 aliphatic heterocycles. The molecule has 0 fully saturated rings. The van der Waals surface area contributed by atoms with Gasteiger partial charge in [0.15, 0.2) is 11.6 Å². The molecule has 4 aliphatic rings. The summed E-state index contributed by atoms with van der Waals surface area (Å²) in [5.74, 6) is -0.279. The van der Waals surface area contributed by atoms with Gasteiger partial charge in [-0.2, -0.15) is 0 Å². The summed E-state index contributed by atoms with van der Waals surface area (Å²) in [6.45, 7) is 42.1. The van der Waals surface area contributed by atoms with Crippen LogP contribution in [-0.4, -0.2) is 51.7 Å². The third-order valence-corrected chi connectivity index (χ3v) is 27.3. The van der Waals surface area contributed by atoms with Crippen LogP contribution in [0.25, 0.3) is 129 Å². The molecule has 4 radical (unpaired) electrons. The van der Waals surface area contributed by atoms with Gasteiger partial charge >= 0.3 is 0 Å². The van der Waals surface area contributed by atoms with Crippen LogP contribution < -0.4 is 0 Å². The normalized spacial score (nSPS) is 12.7. The van der Waals surface area contributed by atoms with Crippen molar-refractivity contribution < 1.29 is 100 Å². The molecule has 0 amide bonds. The van der Waals surface area contributed by atoms with E-state index in [2.05, 4.69) is 416 Å². The zero-order valence-electron chi connectivity index (χ0n) is 88.4. The summed E-state index contributed by atoms with van der Waals surface area (Å²) in [6.07, 6.45) is 11.9. The van der Waals surface area contributed by atoms with Crippen molar-refractivity contribution in [1.29, 1.82) is 0 Å². The molecule has 0 saturated carbocycles. The molecule has 2 N–H and O–H groups in total. The van der Waals surface area contributed by atoms with Crippen LogP contribution in [0.3, 0.4) is 0 Å². The number of ketones is 2. The van der Waals surface area contributed by atoms with Crippen molar-refractivity contribution >= 4 is 28.2 Å². The Morgan fingerprint density at radius 2 is 0.620 bits per heavy atom. The van der Waals surface area contributed by atoms with Gasteiger partial charge in [0.05, 0.1) is 11.3 Å². The van der Waals surface area contributed by atoms with E-state index in [4.69, 9.17) is 10.1 Å². The minimum absolute atomic E-state index is 0. The van der Waals surface area contributed by atoms with E-state index in [1.165, 1.54) is 170 Å². The maximum absolute atomic E-state index is 11.8. The quantitative estimate of drug-likeness (QED) is 0.0586. The zero-order chi connectivity index (χ0) is 103. The number of nitrogens with zero attached hydrogens (tertiary/aromatic N) is 6. The Bertz CT molecular complexity index is 7750. The van der Waals surface area contributed by atoms with E-state index in [1.807, 2.05) is 79.4 Å². The molecule has 10 nitrogen and oxygen atoms in total. The van der Waals surface area contributed by atoms with Gasteiger partial charge in [-0.25, -0.2) is 0 Å². The molecule has 23 rings (SSSR count). The summed E-state index contributed by atoms with van der Waals surface area (Å²) < 4.78 is 0. The van der Waals surface area contributed by atoms with E-state index in [-0.39, 0.29) is 125 Å². The third kappa shape index (κ3) is 26.7. The Kier molecular flexibility index (Phi) is 38.3. The van der Waals surface area contributed by atoms with Gasteiger partial charge in [0, 0.05) is 135 Å². The van der Waals surface area contributed by atoms with Crippen molar-refractivity contribution in [3.63, 3.8) is 0 Å². The number of fused-ring (bicyclic) bond motifs is 13. The van der Waals surface area contributed by atoms with E-state index in [0.29, 0.717) is 11.1 Å². The number of pyridine rings is 6. The second kappa shape index (κ2) is 50.1. The van der Waals surface area contributed by atoms with Gasteiger partial charge in [0.2, 0.25) is 0 Å². The largest absolute Gasteiger partial charge is 0.512 e. The van der Waals surface area contributed by atoms with Crippen LogP contribution in [-0.2, 0) is 107 Å². The number of aliphatic hydroxyl groups is 2. The molecular formula is C136H122Ir4N6O4-6. The Balaban J connectivity index is 0.000000154. The topological polar surface area (TPSA) is 152 Å². The summed E-state index contributed by atoms with van der Waals surface area (Å²) >= 11 is 0. The average molecular weight is 2670 g/mol. The number of hydrogen-bond acceptors (Lipinski definition) is 10. The Hall–Kier alpha value is -14.0. The molecule has 0 bridgehead atoms. The van der Waals surface area contributed by atoms with Gasteiger partial charge in [0.1, 0.15) is 5.76 Å². The number of carbonyl (C=O) groups excluding carboxylic acids is 2. The molecule has 14 heteroatoms. The number of aromatic nitrogens is 6. The molecule has 0 spiro atoms. The van der Waals surface area contributed by atoms with Crippen LogP contribution in [0.4, 0.5) is 0 Å². The predicted molar refractivity (Wildman–Crippen MR) is 601 cm³/mol. The van der Waals surface area contributed by atoms with Crippen LogP contribution in [0.5, 0.6) is 0 Å². The molecule has 0 atom stereocenters. The third-order valence-electron chi connectivity index (χ3n) is 27.3. The summed E-state index contributed by atoms with van der Waals surface area (Å²) in [5.41, 5.74) is 48.5. The average Bonchev–Trinajstić information content (AvgIpc) is 1.60. The first-order chi connectivity index (χ1) is 69.9. The van der Waals surface area contributed by atoms with Gasteiger partial charge < -0.3 is 35.1 Å². The van der Waals surface area contributed by atoms with Gasteiger partial charge in [-0.05, 0) is 186 Å². The number of allylic oxidation sites excluding steroid dienone is 3. The molecule has 0 saturated heterocycles. The number of benzene rings is 13. The monoisotopic (exact) mass is 2670 g/mol. The van der Waals surface area contributed by atoms with Gasteiger partial charge in [0.25, 0.3) is 0 Å². The van der Waals surface area contributed by atoms with Gasteiger partial charge in [-0.3, -0.25) is 14.6 Å². The Morgan fingerprint density at radius 3 is 1.00 bits per heavy atom. The van der Waals surface area contributed by atoms with E-state index in [9.17, 15) is 14.7 Å².